The van der Waals surface area contributed by atoms with Crippen LogP contribution in [0.4, 0.5) is 0 Å². The zero-order chi connectivity index (χ0) is 7.44. The number of hydrogen-bond acceptors (Lipinski definition) is 2. The molecule has 0 rings (SSSR count). The Bertz CT molecular complexity index is 122. The molecular weight excluding hydrogens is 140 g/mol. The molecule has 9 heavy (non-hydrogen) atoms. The highest BCUT2D eigenvalue weighted by molar-refractivity contribution is 6.31. The van der Waals surface area contributed by atoms with E-state index in [-0.39, 0.29) is 11.7 Å². The van der Waals surface area contributed by atoms with Crippen LogP contribution in [0.2, 0.25) is 0 Å². The van der Waals surface area contributed by atoms with Crippen LogP contribution in [-0.2, 0) is 9.59 Å². The molecule has 0 aliphatic heterocycles. The average Bonchev–Trinajstić information content (AvgIpc) is 1.84. The highest BCUT2D eigenvalue weighted by Crippen LogP contribution is 2.07. The van der Waals surface area contributed by atoms with E-state index in [0.717, 1.165) is 0 Å². The van der Waals surface area contributed by atoms with Crippen LogP contribution in [0.15, 0.2) is 0 Å². The van der Waals surface area contributed by atoms with Gasteiger partial charge in [0.1, 0.15) is 17.4 Å². The predicted molar refractivity (Wildman–Crippen MR) is 35.5 cm³/mol. The summed E-state index contributed by atoms with van der Waals surface area (Å²) in [5, 5.41) is -0.650. The Kier molecular flexibility index (Phi) is 3.47. The summed E-state index contributed by atoms with van der Waals surface area (Å²) >= 11 is 5.49. The number of aldehydes is 1. The van der Waals surface area contributed by atoms with Gasteiger partial charge in [-0.15, -0.1) is 11.6 Å². The number of ketones is 1. The Balaban J connectivity index is 3.86. The van der Waals surface area contributed by atoms with Gasteiger partial charge in [-0.1, -0.05) is 6.92 Å². The van der Waals surface area contributed by atoms with Crippen LogP contribution in [0.3, 0.4) is 0 Å². The third-order valence-electron chi connectivity index (χ3n) is 1.06. The van der Waals surface area contributed by atoms with Gasteiger partial charge in [-0.05, 0) is 6.92 Å². The second kappa shape index (κ2) is 3.62. The van der Waals surface area contributed by atoms with Crippen molar-refractivity contribution < 1.29 is 9.59 Å². The standard InChI is InChI=1S/C6H9ClO2/c1-4(3-8)6(7)5(2)9/h3-4,6H,1-2H3. The van der Waals surface area contributed by atoms with Crippen molar-refractivity contribution in [2.75, 3.05) is 0 Å². The molecule has 0 aromatic carbocycles. The third kappa shape index (κ3) is 2.61. The molecule has 0 aromatic rings. The SMILES string of the molecule is CC(=O)C(Cl)C(C)C=O. The first-order valence-corrected chi connectivity index (χ1v) is 3.13. The molecule has 2 unspecified atom stereocenters. The van der Waals surface area contributed by atoms with E-state index in [1.807, 2.05) is 0 Å². The van der Waals surface area contributed by atoms with E-state index >= 15 is 0 Å². The van der Waals surface area contributed by atoms with E-state index in [4.69, 9.17) is 11.6 Å². The van der Waals surface area contributed by atoms with E-state index in [1.54, 1.807) is 6.92 Å². The zero-order valence-corrected chi connectivity index (χ0v) is 6.18. The van der Waals surface area contributed by atoms with Gasteiger partial charge >= 0.3 is 0 Å². The smallest absolute Gasteiger partial charge is 0.148 e. The first-order valence-electron chi connectivity index (χ1n) is 2.69. The van der Waals surface area contributed by atoms with Gasteiger partial charge in [-0.2, -0.15) is 0 Å². The van der Waals surface area contributed by atoms with Gasteiger partial charge in [0, 0.05) is 5.92 Å². The van der Waals surface area contributed by atoms with Crippen molar-refractivity contribution in [3.63, 3.8) is 0 Å². The number of carbonyl (C=O) groups excluding carboxylic acids is 2. The normalized spacial score (nSPS) is 16.3. The van der Waals surface area contributed by atoms with Crippen LogP contribution in [-0.4, -0.2) is 17.4 Å². The highest BCUT2D eigenvalue weighted by Gasteiger charge is 2.17. The molecule has 0 saturated carbocycles. The number of rotatable bonds is 3. The van der Waals surface area contributed by atoms with Crippen molar-refractivity contribution in [1.82, 2.24) is 0 Å². The summed E-state index contributed by atoms with van der Waals surface area (Å²) in [6, 6.07) is 0. The summed E-state index contributed by atoms with van der Waals surface area (Å²) < 4.78 is 0. The number of hydrogen-bond donors (Lipinski definition) is 0. The van der Waals surface area contributed by atoms with Gasteiger partial charge in [0.2, 0.25) is 0 Å². The summed E-state index contributed by atoms with van der Waals surface area (Å²) in [7, 11) is 0. The van der Waals surface area contributed by atoms with E-state index < -0.39 is 5.38 Å². The highest BCUT2D eigenvalue weighted by atomic mass is 35.5. The first kappa shape index (κ1) is 8.63. The molecule has 0 aromatic heterocycles. The molecule has 0 radical (unpaired) electrons. The molecule has 2 atom stereocenters. The second-order valence-corrected chi connectivity index (χ2v) is 2.48. The molecule has 0 aliphatic carbocycles. The summed E-state index contributed by atoms with van der Waals surface area (Å²) in [4.78, 5) is 20.5. The monoisotopic (exact) mass is 148 g/mol. The Morgan fingerprint density at radius 2 is 2.11 bits per heavy atom. The fourth-order valence-electron chi connectivity index (χ4n) is 0.439. The van der Waals surface area contributed by atoms with Crippen molar-refractivity contribution in [1.29, 1.82) is 0 Å². The fraction of sp³-hybridized carbons (Fsp3) is 0.667. The van der Waals surface area contributed by atoms with Crippen LogP contribution in [0.1, 0.15) is 13.8 Å². The molecule has 0 spiro atoms. The van der Waals surface area contributed by atoms with Crippen LogP contribution < -0.4 is 0 Å². The van der Waals surface area contributed by atoms with Gasteiger partial charge in [0.05, 0.1) is 0 Å². The quantitative estimate of drug-likeness (QED) is 0.442. The topological polar surface area (TPSA) is 34.1 Å². The van der Waals surface area contributed by atoms with Gasteiger partial charge < -0.3 is 4.79 Å². The lowest BCUT2D eigenvalue weighted by Gasteiger charge is -2.05. The molecule has 0 saturated heterocycles. The molecule has 0 heterocycles. The summed E-state index contributed by atoms with van der Waals surface area (Å²) in [6.45, 7) is 2.99. The molecule has 52 valence electrons. The lowest BCUT2D eigenvalue weighted by atomic mass is 10.1. The predicted octanol–water partition coefficient (Wildman–Crippen LogP) is 1.02. The lowest BCUT2D eigenvalue weighted by molar-refractivity contribution is -0.120. The fourth-order valence-corrected chi connectivity index (χ4v) is 0.499. The van der Waals surface area contributed by atoms with E-state index in [2.05, 4.69) is 0 Å². The van der Waals surface area contributed by atoms with E-state index in [0.29, 0.717) is 6.29 Å². The van der Waals surface area contributed by atoms with Crippen molar-refractivity contribution >= 4 is 23.7 Å². The van der Waals surface area contributed by atoms with Gasteiger partial charge in [0.25, 0.3) is 0 Å². The van der Waals surface area contributed by atoms with Crippen molar-refractivity contribution in [2.24, 2.45) is 5.92 Å². The zero-order valence-electron chi connectivity index (χ0n) is 5.43. The lowest BCUT2D eigenvalue weighted by Crippen LogP contribution is -2.20. The van der Waals surface area contributed by atoms with Crippen LogP contribution in [0, 0.1) is 5.92 Å². The Morgan fingerprint density at radius 1 is 1.67 bits per heavy atom. The summed E-state index contributed by atoms with van der Waals surface area (Å²) in [5.74, 6) is -0.527. The third-order valence-corrected chi connectivity index (χ3v) is 1.77. The minimum absolute atomic E-state index is 0.156. The maximum absolute atomic E-state index is 10.5. The van der Waals surface area contributed by atoms with Gasteiger partial charge in [-0.25, -0.2) is 0 Å². The Hall–Kier alpha value is -0.370. The van der Waals surface area contributed by atoms with Crippen LogP contribution in [0.25, 0.3) is 0 Å². The first-order chi connectivity index (χ1) is 4.09. The summed E-state index contributed by atoms with van der Waals surface area (Å²) in [5.41, 5.74) is 0. The number of halogens is 1. The Labute approximate surface area is 59.2 Å². The second-order valence-electron chi connectivity index (χ2n) is 2.01. The van der Waals surface area contributed by atoms with Crippen molar-refractivity contribution in [3.05, 3.63) is 0 Å². The molecule has 3 heteroatoms. The minimum atomic E-state index is -0.650. The van der Waals surface area contributed by atoms with Gasteiger partial charge in [-0.3, -0.25) is 4.79 Å². The molecule has 0 N–H and O–H groups in total. The van der Waals surface area contributed by atoms with Crippen molar-refractivity contribution in [3.8, 4) is 0 Å². The van der Waals surface area contributed by atoms with Crippen molar-refractivity contribution in [2.45, 2.75) is 19.2 Å². The molecule has 0 bridgehead atoms. The maximum atomic E-state index is 10.5. The van der Waals surface area contributed by atoms with E-state index in [1.165, 1.54) is 6.92 Å². The van der Waals surface area contributed by atoms with Crippen LogP contribution in [0.5, 0.6) is 0 Å². The largest absolute Gasteiger partial charge is 0.303 e. The number of alkyl halides is 1. The molecule has 0 amide bonds. The minimum Gasteiger partial charge on any atom is -0.303 e. The molecule has 2 nitrogen and oxygen atoms in total. The number of Topliss-reactive ketones (excluding diaryl/α,β-unsaturated/α-hetero) is 1. The van der Waals surface area contributed by atoms with E-state index in [9.17, 15) is 9.59 Å². The molecular formula is C6H9ClO2. The average molecular weight is 149 g/mol. The van der Waals surface area contributed by atoms with Crippen LogP contribution >= 0.6 is 11.6 Å². The Morgan fingerprint density at radius 3 is 2.22 bits per heavy atom. The summed E-state index contributed by atoms with van der Waals surface area (Å²) in [6.07, 6.45) is 0.680. The number of carbonyl (C=O) groups is 2. The molecule has 0 fully saturated rings. The maximum Gasteiger partial charge on any atom is 0.148 e. The van der Waals surface area contributed by atoms with Gasteiger partial charge in [0.15, 0.2) is 0 Å². The molecule has 0 aliphatic rings.